The molecule has 2 rings (SSSR count). The summed E-state index contributed by atoms with van der Waals surface area (Å²) in [5.41, 5.74) is 1.93. The fourth-order valence-electron chi connectivity index (χ4n) is 1.96. The Morgan fingerprint density at radius 2 is 2.05 bits per heavy atom. The molecule has 0 radical (unpaired) electrons. The van der Waals surface area contributed by atoms with Gasteiger partial charge in [0.1, 0.15) is 5.75 Å². The molecule has 0 aliphatic heterocycles. The van der Waals surface area contributed by atoms with Crippen LogP contribution in [0.4, 0.5) is 0 Å². The summed E-state index contributed by atoms with van der Waals surface area (Å²) in [6.07, 6.45) is 2.96. The van der Waals surface area contributed by atoms with Crippen molar-refractivity contribution in [2.75, 3.05) is 13.2 Å². The third kappa shape index (κ3) is 5.12. The van der Waals surface area contributed by atoms with Gasteiger partial charge in [-0.1, -0.05) is 28.1 Å². The third-order valence-electron chi connectivity index (χ3n) is 3.00. The molecule has 112 valence electrons. The second-order valence-corrected chi connectivity index (χ2v) is 5.58. The van der Waals surface area contributed by atoms with Gasteiger partial charge in [0, 0.05) is 23.8 Å². The Hall–Kier alpha value is -1.43. The first-order chi connectivity index (χ1) is 10.2. The highest BCUT2D eigenvalue weighted by Crippen LogP contribution is 2.16. The number of aromatic nitrogens is 1. The van der Waals surface area contributed by atoms with Crippen LogP contribution in [-0.2, 0) is 6.54 Å². The number of halogens is 1. The van der Waals surface area contributed by atoms with E-state index in [2.05, 4.69) is 26.2 Å². The molecular formula is C16H19BrN2O2. The molecule has 1 aromatic heterocycles. The highest BCUT2D eigenvalue weighted by Gasteiger charge is 2.07. The van der Waals surface area contributed by atoms with E-state index in [9.17, 15) is 5.11 Å². The first-order valence-corrected chi connectivity index (χ1v) is 7.69. The molecule has 0 aliphatic rings. The maximum atomic E-state index is 10.1. The maximum Gasteiger partial charge on any atom is 0.137 e. The zero-order valence-electron chi connectivity index (χ0n) is 11.9. The molecule has 0 fully saturated rings. The lowest BCUT2D eigenvalue weighted by atomic mass is 10.1. The zero-order chi connectivity index (χ0) is 15.1. The Morgan fingerprint density at radius 3 is 2.76 bits per heavy atom. The minimum Gasteiger partial charge on any atom is -0.492 e. The number of aliphatic hydroxyl groups excluding tert-OH is 1. The fraction of sp³-hybridized carbons (Fsp3) is 0.312. The number of hydrogen-bond donors (Lipinski definition) is 2. The second-order valence-electron chi connectivity index (χ2n) is 4.66. The van der Waals surface area contributed by atoms with E-state index < -0.39 is 6.10 Å². The standard InChI is InChI=1S/C16H19BrN2O2/c1-2-21-15-7-12(8-18-10-15)9-19-11-16(20)13-3-5-14(17)6-4-13/h3-8,10,16,19-20H,2,9,11H2,1H3/t16-/m1/s1. The fourth-order valence-corrected chi connectivity index (χ4v) is 2.23. The van der Waals surface area contributed by atoms with Gasteiger partial charge in [-0.2, -0.15) is 0 Å². The smallest absolute Gasteiger partial charge is 0.137 e. The molecule has 1 atom stereocenters. The monoisotopic (exact) mass is 350 g/mol. The summed E-state index contributed by atoms with van der Waals surface area (Å²) in [7, 11) is 0. The van der Waals surface area contributed by atoms with Gasteiger partial charge in [0.05, 0.1) is 18.9 Å². The summed E-state index contributed by atoms with van der Waals surface area (Å²) < 4.78 is 6.42. The first kappa shape index (κ1) is 15.9. The first-order valence-electron chi connectivity index (χ1n) is 6.90. The van der Waals surface area contributed by atoms with Crippen LogP contribution < -0.4 is 10.1 Å². The Bertz CT molecular complexity index is 560. The molecule has 1 aromatic carbocycles. The van der Waals surface area contributed by atoms with Crippen molar-refractivity contribution in [1.82, 2.24) is 10.3 Å². The zero-order valence-corrected chi connectivity index (χ0v) is 13.5. The van der Waals surface area contributed by atoms with E-state index in [1.54, 1.807) is 12.4 Å². The van der Waals surface area contributed by atoms with Gasteiger partial charge in [-0.3, -0.25) is 4.98 Å². The summed E-state index contributed by atoms with van der Waals surface area (Å²) in [4.78, 5) is 4.14. The van der Waals surface area contributed by atoms with Gasteiger partial charge in [-0.25, -0.2) is 0 Å². The average Bonchev–Trinajstić information content (AvgIpc) is 2.48. The minimum atomic E-state index is -0.527. The van der Waals surface area contributed by atoms with Crippen molar-refractivity contribution < 1.29 is 9.84 Å². The lowest BCUT2D eigenvalue weighted by molar-refractivity contribution is 0.174. The predicted octanol–water partition coefficient (Wildman–Crippen LogP) is 3.07. The molecular weight excluding hydrogens is 332 g/mol. The number of benzene rings is 1. The molecule has 0 saturated carbocycles. The van der Waals surface area contributed by atoms with Crippen LogP contribution in [0.5, 0.6) is 5.75 Å². The molecule has 0 amide bonds. The molecule has 0 bridgehead atoms. The molecule has 4 nitrogen and oxygen atoms in total. The summed E-state index contributed by atoms with van der Waals surface area (Å²) in [5.74, 6) is 0.769. The van der Waals surface area contributed by atoms with E-state index in [0.29, 0.717) is 19.7 Å². The molecule has 2 aromatic rings. The number of hydrogen-bond acceptors (Lipinski definition) is 4. The summed E-state index contributed by atoms with van der Waals surface area (Å²) >= 11 is 3.38. The van der Waals surface area contributed by atoms with Gasteiger partial charge in [-0.05, 0) is 36.2 Å². The minimum absolute atomic E-state index is 0.487. The van der Waals surface area contributed by atoms with Crippen LogP contribution in [0, 0.1) is 0 Å². The molecule has 0 unspecified atom stereocenters. The Kier molecular flexibility index (Phi) is 6.17. The highest BCUT2D eigenvalue weighted by molar-refractivity contribution is 9.10. The van der Waals surface area contributed by atoms with Gasteiger partial charge in [-0.15, -0.1) is 0 Å². The van der Waals surface area contributed by atoms with E-state index in [1.165, 1.54) is 0 Å². The van der Waals surface area contributed by atoms with Gasteiger partial charge >= 0.3 is 0 Å². The second kappa shape index (κ2) is 8.12. The quantitative estimate of drug-likeness (QED) is 0.805. The lowest BCUT2D eigenvalue weighted by Gasteiger charge is -2.12. The predicted molar refractivity (Wildman–Crippen MR) is 86.2 cm³/mol. The third-order valence-corrected chi connectivity index (χ3v) is 3.53. The molecule has 5 heteroatoms. The topological polar surface area (TPSA) is 54.4 Å². The molecule has 0 aliphatic carbocycles. The molecule has 21 heavy (non-hydrogen) atoms. The van der Waals surface area contributed by atoms with Gasteiger partial charge in [0.15, 0.2) is 0 Å². The van der Waals surface area contributed by atoms with Crippen LogP contribution in [0.15, 0.2) is 47.2 Å². The van der Waals surface area contributed by atoms with Crippen LogP contribution in [0.3, 0.4) is 0 Å². The maximum absolute atomic E-state index is 10.1. The average molecular weight is 351 g/mol. The van der Waals surface area contributed by atoms with Crippen molar-refractivity contribution in [2.45, 2.75) is 19.6 Å². The SMILES string of the molecule is CCOc1cncc(CNC[C@@H](O)c2ccc(Br)cc2)c1. The van der Waals surface area contributed by atoms with E-state index in [1.807, 2.05) is 37.3 Å². The van der Waals surface area contributed by atoms with E-state index in [0.717, 1.165) is 21.3 Å². The van der Waals surface area contributed by atoms with Crippen LogP contribution >= 0.6 is 15.9 Å². The normalized spacial score (nSPS) is 12.1. The number of ether oxygens (including phenoxy) is 1. The van der Waals surface area contributed by atoms with Crippen molar-refractivity contribution in [2.24, 2.45) is 0 Å². The van der Waals surface area contributed by atoms with Crippen molar-refractivity contribution >= 4 is 15.9 Å². The Morgan fingerprint density at radius 1 is 1.29 bits per heavy atom. The van der Waals surface area contributed by atoms with Crippen LogP contribution in [0.2, 0.25) is 0 Å². The Labute approximate surface area is 133 Å². The number of aliphatic hydroxyl groups is 1. The largest absolute Gasteiger partial charge is 0.492 e. The van der Waals surface area contributed by atoms with E-state index >= 15 is 0 Å². The van der Waals surface area contributed by atoms with Crippen molar-refractivity contribution in [3.05, 3.63) is 58.3 Å². The molecule has 0 saturated heterocycles. The number of pyridine rings is 1. The van der Waals surface area contributed by atoms with Gasteiger partial charge in [0.2, 0.25) is 0 Å². The number of nitrogens with zero attached hydrogens (tertiary/aromatic N) is 1. The van der Waals surface area contributed by atoms with E-state index in [4.69, 9.17) is 4.74 Å². The number of nitrogens with one attached hydrogen (secondary N) is 1. The van der Waals surface area contributed by atoms with Crippen molar-refractivity contribution in [3.8, 4) is 5.75 Å². The molecule has 0 spiro atoms. The summed E-state index contributed by atoms with van der Waals surface area (Å²) in [6.45, 7) is 3.70. The van der Waals surface area contributed by atoms with Gasteiger partial charge < -0.3 is 15.2 Å². The van der Waals surface area contributed by atoms with Crippen molar-refractivity contribution in [3.63, 3.8) is 0 Å². The summed E-state index contributed by atoms with van der Waals surface area (Å²) in [5, 5.41) is 13.3. The molecule has 2 N–H and O–H groups in total. The van der Waals surface area contributed by atoms with E-state index in [-0.39, 0.29) is 0 Å². The molecule has 1 heterocycles. The van der Waals surface area contributed by atoms with Crippen LogP contribution in [0.1, 0.15) is 24.2 Å². The number of rotatable bonds is 7. The van der Waals surface area contributed by atoms with Crippen LogP contribution in [-0.4, -0.2) is 23.2 Å². The summed E-state index contributed by atoms with van der Waals surface area (Å²) in [6, 6.07) is 9.62. The Balaban J connectivity index is 1.83. The van der Waals surface area contributed by atoms with Crippen LogP contribution in [0.25, 0.3) is 0 Å². The van der Waals surface area contributed by atoms with Gasteiger partial charge in [0.25, 0.3) is 0 Å². The lowest BCUT2D eigenvalue weighted by Crippen LogP contribution is -2.21. The highest BCUT2D eigenvalue weighted by atomic mass is 79.9. The van der Waals surface area contributed by atoms with Crippen molar-refractivity contribution in [1.29, 1.82) is 0 Å².